The van der Waals surface area contributed by atoms with Crippen LogP contribution < -0.4 is 5.32 Å². The molecule has 1 aromatic carbocycles. The van der Waals surface area contributed by atoms with Crippen molar-refractivity contribution in [2.45, 2.75) is 25.3 Å². The van der Waals surface area contributed by atoms with Gasteiger partial charge in [-0.05, 0) is 17.7 Å². The van der Waals surface area contributed by atoms with Gasteiger partial charge in [0.2, 0.25) is 0 Å². The molecular weight excluding hydrogens is 252 g/mol. The van der Waals surface area contributed by atoms with Gasteiger partial charge in [-0.3, -0.25) is 0 Å². The molecule has 0 aliphatic heterocycles. The Morgan fingerprint density at radius 1 is 1.20 bits per heavy atom. The molecule has 4 heteroatoms. The molecule has 0 fully saturated rings. The number of halogens is 3. The highest BCUT2D eigenvalue weighted by Crippen LogP contribution is 2.28. The molecule has 0 saturated carbocycles. The first kappa shape index (κ1) is 13.1. The number of rotatable bonds is 4. The first-order valence-electron chi connectivity index (χ1n) is 4.83. The predicted octanol–water partition coefficient (Wildman–Crippen LogP) is 4.27. The van der Waals surface area contributed by atoms with Gasteiger partial charge < -0.3 is 5.32 Å². The highest BCUT2D eigenvalue weighted by atomic mass is 35.5. The second-order valence-corrected chi connectivity index (χ2v) is 5.05. The molecule has 1 nitrogen and oxygen atoms in total. The van der Waals surface area contributed by atoms with E-state index in [1.807, 2.05) is 12.1 Å². The van der Waals surface area contributed by atoms with Crippen molar-refractivity contribution < 1.29 is 0 Å². The monoisotopic (exact) mass is 265 g/mol. The minimum Gasteiger partial charge on any atom is -0.313 e. The van der Waals surface area contributed by atoms with Gasteiger partial charge in [0.1, 0.15) is 0 Å². The number of hydrogen-bond donors (Lipinski definition) is 1. The molecule has 0 radical (unpaired) electrons. The van der Waals surface area contributed by atoms with Crippen LogP contribution in [0.25, 0.3) is 0 Å². The van der Waals surface area contributed by atoms with E-state index in [0.29, 0.717) is 16.1 Å². The first-order valence-corrected chi connectivity index (χ1v) is 6.02. The Bertz CT molecular complexity index is 326. The van der Waals surface area contributed by atoms with Crippen LogP contribution in [0, 0.1) is 0 Å². The maximum atomic E-state index is 6.21. The summed E-state index contributed by atoms with van der Waals surface area (Å²) in [6.07, 6.45) is 0. The normalized spacial score (nSPS) is 13.2. The zero-order valence-electron chi connectivity index (χ0n) is 8.73. The van der Waals surface area contributed by atoms with E-state index >= 15 is 0 Å². The highest BCUT2D eigenvalue weighted by molar-refractivity contribution is 6.42. The van der Waals surface area contributed by atoms with E-state index in [9.17, 15) is 0 Å². The van der Waals surface area contributed by atoms with Gasteiger partial charge in [-0.2, -0.15) is 0 Å². The minimum absolute atomic E-state index is 0.0813. The molecular formula is C11H14Cl3N. The number of alkyl halides is 1. The van der Waals surface area contributed by atoms with Gasteiger partial charge in [0, 0.05) is 12.6 Å². The molecule has 0 spiro atoms. The third kappa shape index (κ3) is 4.20. The summed E-state index contributed by atoms with van der Waals surface area (Å²) >= 11 is 17.9. The lowest BCUT2D eigenvalue weighted by atomic mass is 10.1. The maximum absolute atomic E-state index is 6.21. The summed E-state index contributed by atoms with van der Waals surface area (Å²) in [5.74, 6) is 0. The largest absolute Gasteiger partial charge is 0.313 e. The average molecular weight is 267 g/mol. The van der Waals surface area contributed by atoms with Crippen molar-refractivity contribution >= 4 is 34.8 Å². The fourth-order valence-electron chi connectivity index (χ4n) is 1.16. The number of benzene rings is 1. The Balaban J connectivity index is 2.65. The molecule has 0 aromatic heterocycles. The van der Waals surface area contributed by atoms with Crippen LogP contribution in [0.4, 0.5) is 0 Å². The van der Waals surface area contributed by atoms with Gasteiger partial charge in [-0.15, -0.1) is 11.6 Å². The van der Waals surface area contributed by atoms with Gasteiger partial charge in [0.25, 0.3) is 0 Å². The quantitative estimate of drug-likeness (QED) is 0.803. The van der Waals surface area contributed by atoms with E-state index in [1.54, 1.807) is 6.07 Å². The predicted molar refractivity (Wildman–Crippen MR) is 68.2 cm³/mol. The van der Waals surface area contributed by atoms with Crippen LogP contribution in [0.5, 0.6) is 0 Å². The maximum Gasteiger partial charge on any atom is 0.0710 e. The van der Waals surface area contributed by atoms with Crippen molar-refractivity contribution in [2.24, 2.45) is 0 Å². The lowest BCUT2D eigenvalue weighted by molar-refractivity contribution is 0.583. The fourth-order valence-corrected chi connectivity index (χ4v) is 1.70. The molecule has 15 heavy (non-hydrogen) atoms. The summed E-state index contributed by atoms with van der Waals surface area (Å²) in [6.45, 7) is 4.88. The Morgan fingerprint density at radius 2 is 1.87 bits per heavy atom. The van der Waals surface area contributed by atoms with Crippen molar-refractivity contribution in [2.75, 3.05) is 6.54 Å². The molecule has 0 bridgehead atoms. The summed E-state index contributed by atoms with van der Waals surface area (Å²) in [5.41, 5.74) is 0.985. The van der Waals surface area contributed by atoms with Crippen LogP contribution in [0.3, 0.4) is 0 Å². The molecule has 0 aliphatic carbocycles. The zero-order valence-corrected chi connectivity index (χ0v) is 11.0. The Hall–Kier alpha value is 0.0500. The topological polar surface area (TPSA) is 12.0 Å². The van der Waals surface area contributed by atoms with Crippen LogP contribution >= 0.6 is 34.8 Å². The Morgan fingerprint density at radius 3 is 2.40 bits per heavy atom. The van der Waals surface area contributed by atoms with Crippen molar-refractivity contribution in [3.05, 3.63) is 33.8 Å². The molecule has 1 aromatic rings. The van der Waals surface area contributed by atoms with Gasteiger partial charge in [0.05, 0.1) is 15.4 Å². The smallest absolute Gasteiger partial charge is 0.0710 e. The van der Waals surface area contributed by atoms with E-state index in [1.165, 1.54) is 0 Å². The molecule has 1 N–H and O–H groups in total. The fraction of sp³-hybridized carbons (Fsp3) is 0.455. The second kappa shape index (κ2) is 5.95. The summed E-state index contributed by atoms with van der Waals surface area (Å²) in [4.78, 5) is 0. The van der Waals surface area contributed by atoms with E-state index in [0.717, 1.165) is 12.1 Å². The third-order valence-electron chi connectivity index (χ3n) is 2.01. The molecule has 1 atom stereocenters. The van der Waals surface area contributed by atoms with Gasteiger partial charge in [0.15, 0.2) is 0 Å². The molecule has 0 heterocycles. The van der Waals surface area contributed by atoms with E-state index in [4.69, 9.17) is 34.8 Å². The summed E-state index contributed by atoms with van der Waals surface area (Å²) < 4.78 is 0. The molecule has 1 unspecified atom stereocenters. The van der Waals surface area contributed by atoms with Gasteiger partial charge in [-0.25, -0.2) is 0 Å². The lowest BCUT2D eigenvalue weighted by Crippen LogP contribution is -2.26. The van der Waals surface area contributed by atoms with Gasteiger partial charge in [-0.1, -0.05) is 43.1 Å². The van der Waals surface area contributed by atoms with Crippen LogP contribution in [0.15, 0.2) is 18.2 Å². The van der Waals surface area contributed by atoms with Crippen molar-refractivity contribution in [3.8, 4) is 0 Å². The average Bonchev–Trinajstić information content (AvgIpc) is 2.18. The van der Waals surface area contributed by atoms with Crippen LogP contribution in [0.2, 0.25) is 10.0 Å². The number of hydrogen-bond acceptors (Lipinski definition) is 1. The SMILES string of the molecule is CC(C)NCC(Cl)c1ccc(Cl)c(Cl)c1. The molecule has 0 amide bonds. The van der Waals surface area contributed by atoms with Crippen LogP contribution in [-0.2, 0) is 0 Å². The standard InChI is InChI=1S/C11H14Cl3N/c1-7(2)15-6-11(14)8-3-4-9(12)10(13)5-8/h3-5,7,11,15H,6H2,1-2H3. The third-order valence-corrected chi connectivity index (χ3v) is 3.16. The molecule has 0 aliphatic rings. The Labute approximate surface area is 106 Å². The summed E-state index contributed by atoms with van der Waals surface area (Å²) in [7, 11) is 0. The first-order chi connectivity index (χ1) is 7.00. The zero-order chi connectivity index (χ0) is 11.4. The molecule has 0 saturated heterocycles. The summed E-state index contributed by atoms with van der Waals surface area (Å²) in [5, 5.41) is 4.29. The minimum atomic E-state index is -0.0813. The van der Waals surface area contributed by atoms with Crippen LogP contribution in [-0.4, -0.2) is 12.6 Å². The van der Waals surface area contributed by atoms with E-state index in [2.05, 4.69) is 19.2 Å². The van der Waals surface area contributed by atoms with Crippen molar-refractivity contribution in [1.29, 1.82) is 0 Å². The molecule has 84 valence electrons. The Kier molecular flexibility index (Phi) is 5.20. The highest BCUT2D eigenvalue weighted by Gasteiger charge is 2.09. The van der Waals surface area contributed by atoms with Crippen LogP contribution in [0.1, 0.15) is 24.8 Å². The second-order valence-electron chi connectivity index (χ2n) is 3.70. The summed E-state index contributed by atoms with van der Waals surface area (Å²) in [6, 6.07) is 5.90. The van der Waals surface area contributed by atoms with Gasteiger partial charge >= 0.3 is 0 Å². The van der Waals surface area contributed by atoms with E-state index in [-0.39, 0.29) is 5.38 Å². The van der Waals surface area contributed by atoms with Crippen molar-refractivity contribution in [1.82, 2.24) is 5.32 Å². The molecule has 1 rings (SSSR count). The lowest BCUT2D eigenvalue weighted by Gasteiger charge is -2.14. The van der Waals surface area contributed by atoms with E-state index < -0.39 is 0 Å². The van der Waals surface area contributed by atoms with Crippen molar-refractivity contribution in [3.63, 3.8) is 0 Å². The number of nitrogens with one attached hydrogen (secondary N) is 1.